The molecule has 14 heavy (non-hydrogen) atoms. The fraction of sp³-hybridized carbons (Fsp3) is 0.500. The minimum absolute atomic E-state index is 0.470. The lowest BCUT2D eigenvalue weighted by atomic mass is 10.1. The summed E-state index contributed by atoms with van der Waals surface area (Å²) in [5.74, 6) is 0.581. The molecule has 0 aliphatic heterocycles. The van der Waals surface area contributed by atoms with Gasteiger partial charge in [-0.1, -0.05) is 0 Å². The minimum Gasteiger partial charge on any atom is -0.478 e. The number of rotatable bonds is 4. The summed E-state index contributed by atoms with van der Waals surface area (Å²) in [5, 5.41) is 9.43. The van der Waals surface area contributed by atoms with Crippen LogP contribution in [0.25, 0.3) is 0 Å². The summed E-state index contributed by atoms with van der Waals surface area (Å²) in [5.41, 5.74) is -0.685. The molecular weight excluding hydrogens is 246 g/mol. The van der Waals surface area contributed by atoms with Crippen LogP contribution >= 0.6 is 15.9 Å². The minimum atomic E-state index is -0.685. The Balaban J connectivity index is 2.35. The van der Waals surface area contributed by atoms with Crippen molar-refractivity contribution < 1.29 is 9.84 Å². The third-order valence-electron chi connectivity index (χ3n) is 1.66. The van der Waals surface area contributed by atoms with E-state index in [0.29, 0.717) is 18.9 Å². The van der Waals surface area contributed by atoms with Gasteiger partial charge in [-0.2, -0.15) is 0 Å². The normalized spacial score (nSPS) is 11.4. The van der Waals surface area contributed by atoms with E-state index in [-0.39, 0.29) is 0 Å². The van der Waals surface area contributed by atoms with Crippen molar-refractivity contribution >= 4 is 15.9 Å². The zero-order valence-corrected chi connectivity index (χ0v) is 9.91. The van der Waals surface area contributed by atoms with E-state index in [4.69, 9.17) is 4.74 Å². The molecule has 1 heterocycles. The second kappa shape index (κ2) is 4.75. The van der Waals surface area contributed by atoms with E-state index in [0.717, 1.165) is 4.47 Å². The highest BCUT2D eigenvalue weighted by atomic mass is 79.9. The molecule has 0 atom stereocenters. The molecule has 0 aromatic carbocycles. The van der Waals surface area contributed by atoms with E-state index in [1.54, 1.807) is 26.1 Å². The number of nitrogens with zero attached hydrogens (tertiary/aromatic N) is 1. The van der Waals surface area contributed by atoms with Crippen molar-refractivity contribution in [3.8, 4) is 5.88 Å². The maximum Gasteiger partial charge on any atom is 0.213 e. The van der Waals surface area contributed by atoms with Gasteiger partial charge >= 0.3 is 0 Å². The maximum atomic E-state index is 9.43. The van der Waals surface area contributed by atoms with Crippen molar-refractivity contribution in [2.24, 2.45) is 0 Å². The monoisotopic (exact) mass is 259 g/mol. The van der Waals surface area contributed by atoms with Gasteiger partial charge in [0.15, 0.2) is 0 Å². The molecule has 0 unspecified atom stereocenters. The Morgan fingerprint density at radius 3 is 2.71 bits per heavy atom. The Bertz CT molecular complexity index is 279. The summed E-state index contributed by atoms with van der Waals surface area (Å²) in [4.78, 5) is 4.05. The van der Waals surface area contributed by atoms with Crippen LogP contribution in [-0.4, -0.2) is 22.3 Å². The molecule has 0 saturated carbocycles. The third-order valence-corrected chi connectivity index (χ3v) is 2.13. The van der Waals surface area contributed by atoms with Crippen LogP contribution in [0.3, 0.4) is 0 Å². The summed E-state index contributed by atoms with van der Waals surface area (Å²) in [6.45, 7) is 3.98. The van der Waals surface area contributed by atoms with Crippen LogP contribution < -0.4 is 4.74 Å². The molecule has 0 radical (unpaired) electrons. The molecule has 78 valence electrons. The molecule has 0 saturated heterocycles. The van der Waals surface area contributed by atoms with Gasteiger partial charge in [-0.3, -0.25) is 0 Å². The van der Waals surface area contributed by atoms with Crippen LogP contribution in [0, 0.1) is 0 Å². The maximum absolute atomic E-state index is 9.43. The van der Waals surface area contributed by atoms with Crippen LogP contribution in [0.5, 0.6) is 5.88 Å². The predicted molar refractivity (Wildman–Crippen MR) is 58.3 cm³/mol. The number of hydrogen-bond donors (Lipinski definition) is 1. The van der Waals surface area contributed by atoms with Crippen LogP contribution in [-0.2, 0) is 0 Å². The van der Waals surface area contributed by atoms with Gasteiger partial charge in [0.2, 0.25) is 5.88 Å². The molecule has 0 amide bonds. The standard InChI is InChI=1S/C10H14BrNO2/c1-10(2,13)5-6-14-9-4-3-8(11)7-12-9/h3-4,7,13H,5-6H2,1-2H3. The summed E-state index contributed by atoms with van der Waals surface area (Å²) in [6, 6.07) is 3.65. The molecule has 1 N–H and O–H groups in total. The molecule has 0 aliphatic carbocycles. The van der Waals surface area contributed by atoms with Crippen molar-refractivity contribution in [1.29, 1.82) is 0 Å². The van der Waals surface area contributed by atoms with Crippen molar-refractivity contribution in [2.45, 2.75) is 25.9 Å². The second-order valence-corrected chi connectivity index (χ2v) is 4.64. The topological polar surface area (TPSA) is 42.4 Å². The van der Waals surface area contributed by atoms with Gasteiger partial charge < -0.3 is 9.84 Å². The first-order valence-corrected chi connectivity index (χ1v) is 5.23. The highest BCUT2D eigenvalue weighted by Crippen LogP contribution is 2.13. The predicted octanol–water partition coefficient (Wildman–Crippen LogP) is 2.38. The van der Waals surface area contributed by atoms with Crippen LogP contribution in [0.15, 0.2) is 22.8 Å². The van der Waals surface area contributed by atoms with E-state index in [1.165, 1.54) is 0 Å². The Hall–Kier alpha value is -0.610. The number of ether oxygens (including phenoxy) is 1. The summed E-state index contributed by atoms with van der Waals surface area (Å²) in [7, 11) is 0. The SMILES string of the molecule is CC(C)(O)CCOc1ccc(Br)cn1. The first kappa shape index (κ1) is 11.5. The molecule has 0 spiro atoms. The van der Waals surface area contributed by atoms with Crippen molar-refractivity contribution in [3.63, 3.8) is 0 Å². The van der Waals surface area contributed by atoms with Gasteiger partial charge in [-0.15, -0.1) is 0 Å². The molecular formula is C10H14BrNO2. The van der Waals surface area contributed by atoms with E-state index >= 15 is 0 Å². The molecule has 0 aliphatic rings. The van der Waals surface area contributed by atoms with Crippen molar-refractivity contribution in [3.05, 3.63) is 22.8 Å². The largest absolute Gasteiger partial charge is 0.478 e. The van der Waals surface area contributed by atoms with Crippen LogP contribution in [0.2, 0.25) is 0 Å². The summed E-state index contributed by atoms with van der Waals surface area (Å²) in [6.07, 6.45) is 2.27. The number of halogens is 1. The number of pyridine rings is 1. The zero-order valence-electron chi connectivity index (χ0n) is 8.33. The van der Waals surface area contributed by atoms with Crippen LogP contribution in [0.4, 0.5) is 0 Å². The average molecular weight is 260 g/mol. The third kappa shape index (κ3) is 4.58. The Kier molecular flexibility index (Phi) is 3.89. The van der Waals surface area contributed by atoms with E-state index < -0.39 is 5.60 Å². The quantitative estimate of drug-likeness (QED) is 0.903. The lowest BCUT2D eigenvalue weighted by Crippen LogP contribution is -2.21. The number of hydrogen-bond acceptors (Lipinski definition) is 3. The fourth-order valence-corrected chi connectivity index (χ4v) is 1.09. The molecule has 1 aromatic heterocycles. The Morgan fingerprint density at radius 2 is 2.21 bits per heavy atom. The van der Waals surface area contributed by atoms with Gasteiger partial charge in [-0.25, -0.2) is 4.98 Å². The first-order chi connectivity index (χ1) is 6.47. The zero-order chi connectivity index (χ0) is 10.6. The molecule has 1 rings (SSSR count). The second-order valence-electron chi connectivity index (χ2n) is 3.73. The lowest BCUT2D eigenvalue weighted by molar-refractivity contribution is 0.0547. The van der Waals surface area contributed by atoms with Gasteiger partial charge in [0.1, 0.15) is 0 Å². The highest BCUT2D eigenvalue weighted by molar-refractivity contribution is 9.10. The molecule has 0 fully saturated rings. The van der Waals surface area contributed by atoms with Gasteiger partial charge in [0.25, 0.3) is 0 Å². The van der Waals surface area contributed by atoms with Gasteiger partial charge in [0.05, 0.1) is 12.2 Å². The molecule has 3 nitrogen and oxygen atoms in total. The van der Waals surface area contributed by atoms with Crippen molar-refractivity contribution in [1.82, 2.24) is 4.98 Å². The fourth-order valence-electron chi connectivity index (χ4n) is 0.853. The summed E-state index contributed by atoms with van der Waals surface area (Å²) >= 11 is 3.29. The van der Waals surface area contributed by atoms with Gasteiger partial charge in [0, 0.05) is 23.2 Å². The highest BCUT2D eigenvalue weighted by Gasteiger charge is 2.12. The Labute approximate surface area is 92.3 Å². The van der Waals surface area contributed by atoms with E-state index in [9.17, 15) is 5.11 Å². The van der Waals surface area contributed by atoms with E-state index in [1.807, 2.05) is 6.07 Å². The molecule has 0 bridgehead atoms. The van der Waals surface area contributed by atoms with E-state index in [2.05, 4.69) is 20.9 Å². The summed E-state index contributed by atoms with van der Waals surface area (Å²) < 4.78 is 6.27. The number of aliphatic hydroxyl groups is 1. The molecule has 1 aromatic rings. The van der Waals surface area contributed by atoms with Crippen molar-refractivity contribution in [2.75, 3.05) is 6.61 Å². The smallest absolute Gasteiger partial charge is 0.213 e. The number of aromatic nitrogens is 1. The van der Waals surface area contributed by atoms with Gasteiger partial charge in [-0.05, 0) is 35.8 Å². The van der Waals surface area contributed by atoms with Crippen LogP contribution in [0.1, 0.15) is 20.3 Å². The molecule has 4 heteroatoms. The lowest BCUT2D eigenvalue weighted by Gasteiger charge is -2.16. The first-order valence-electron chi connectivity index (χ1n) is 4.44. The average Bonchev–Trinajstić information content (AvgIpc) is 2.06. The Morgan fingerprint density at radius 1 is 1.50 bits per heavy atom.